The average Bonchev–Trinajstić information content (AvgIpc) is 2.43. The Labute approximate surface area is 134 Å². The van der Waals surface area contributed by atoms with Crippen LogP contribution in [0.5, 0.6) is 5.75 Å². The van der Waals surface area contributed by atoms with E-state index in [4.69, 9.17) is 10.5 Å². The Bertz CT molecular complexity index is 470. The molecule has 4 heteroatoms. The molecule has 1 rings (SSSR count). The van der Waals surface area contributed by atoms with E-state index in [0.29, 0.717) is 37.0 Å². The van der Waals surface area contributed by atoms with Gasteiger partial charge < -0.3 is 15.8 Å². The number of rotatable bonds is 9. The second kappa shape index (κ2) is 9.34. The summed E-state index contributed by atoms with van der Waals surface area (Å²) in [5.41, 5.74) is 7.70. The van der Waals surface area contributed by atoms with Crippen LogP contribution in [0.25, 0.3) is 0 Å². The molecule has 3 N–H and O–H groups in total. The number of amides is 1. The third-order valence-electron chi connectivity index (χ3n) is 3.33. The molecule has 1 amide bonds. The van der Waals surface area contributed by atoms with Crippen molar-refractivity contribution in [3.05, 3.63) is 23.8 Å². The van der Waals surface area contributed by atoms with Crippen molar-refractivity contribution in [3.63, 3.8) is 0 Å². The first kappa shape index (κ1) is 18.3. The number of nitrogen functional groups attached to an aromatic ring is 1. The molecule has 0 aromatic heterocycles. The van der Waals surface area contributed by atoms with E-state index < -0.39 is 0 Å². The van der Waals surface area contributed by atoms with Gasteiger partial charge in [0.2, 0.25) is 5.91 Å². The van der Waals surface area contributed by atoms with Gasteiger partial charge in [0.15, 0.2) is 0 Å². The van der Waals surface area contributed by atoms with Crippen LogP contribution < -0.4 is 15.8 Å². The lowest BCUT2D eigenvalue weighted by atomic mass is 10.1. The summed E-state index contributed by atoms with van der Waals surface area (Å²) >= 11 is 0. The lowest BCUT2D eigenvalue weighted by Gasteiger charge is -2.12. The predicted molar refractivity (Wildman–Crippen MR) is 92.0 cm³/mol. The number of benzene rings is 1. The number of ether oxygens (including phenoxy) is 1. The molecule has 0 saturated carbocycles. The predicted octanol–water partition coefficient (Wildman–Crippen LogP) is 3.40. The van der Waals surface area contributed by atoms with Gasteiger partial charge in [-0.15, -0.1) is 0 Å². The maximum atomic E-state index is 11.8. The number of carbonyl (C=O) groups is 1. The van der Waals surface area contributed by atoms with Gasteiger partial charge in [-0.2, -0.15) is 0 Å². The first-order valence-corrected chi connectivity index (χ1v) is 8.16. The second-order valence-electron chi connectivity index (χ2n) is 6.61. The van der Waals surface area contributed by atoms with E-state index in [1.807, 2.05) is 18.2 Å². The molecule has 1 aromatic carbocycles. The number of nitrogens with one attached hydrogen (secondary N) is 1. The minimum absolute atomic E-state index is 0.0966. The Morgan fingerprint density at radius 3 is 2.55 bits per heavy atom. The zero-order chi connectivity index (χ0) is 16.5. The zero-order valence-electron chi connectivity index (χ0n) is 14.3. The van der Waals surface area contributed by atoms with Crippen molar-refractivity contribution in [2.24, 2.45) is 11.8 Å². The normalized spacial score (nSPS) is 11.0. The van der Waals surface area contributed by atoms with Crippen LogP contribution >= 0.6 is 0 Å². The van der Waals surface area contributed by atoms with E-state index in [0.717, 1.165) is 24.3 Å². The summed E-state index contributed by atoms with van der Waals surface area (Å²) in [6.07, 6.45) is 2.20. The molecule has 4 nitrogen and oxygen atoms in total. The van der Waals surface area contributed by atoms with Gasteiger partial charge in [-0.1, -0.05) is 33.8 Å². The highest BCUT2D eigenvalue weighted by Crippen LogP contribution is 2.23. The summed E-state index contributed by atoms with van der Waals surface area (Å²) < 4.78 is 5.65. The van der Waals surface area contributed by atoms with E-state index >= 15 is 0 Å². The Kier molecular flexibility index (Phi) is 7.78. The fourth-order valence-corrected chi connectivity index (χ4v) is 1.99. The van der Waals surface area contributed by atoms with E-state index in [1.165, 1.54) is 0 Å². The van der Waals surface area contributed by atoms with Crippen molar-refractivity contribution in [2.45, 2.75) is 47.0 Å². The number of nitrogens with two attached hydrogens (primary N) is 1. The highest BCUT2D eigenvalue weighted by molar-refractivity contribution is 5.76. The maximum Gasteiger partial charge on any atom is 0.220 e. The summed E-state index contributed by atoms with van der Waals surface area (Å²) in [6.45, 7) is 9.91. The number of aryl methyl sites for hydroxylation is 1. The van der Waals surface area contributed by atoms with E-state index in [-0.39, 0.29) is 5.91 Å². The third-order valence-corrected chi connectivity index (χ3v) is 3.33. The van der Waals surface area contributed by atoms with Gasteiger partial charge in [-0.05, 0) is 42.4 Å². The van der Waals surface area contributed by atoms with Crippen molar-refractivity contribution >= 4 is 11.6 Å². The van der Waals surface area contributed by atoms with Crippen LogP contribution in [0, 0.1) is 11.8 Å². The Morgan fingerprint density at radius 1 is 1.23 bits per heavy atom. The average molecular weight is 306 g/mol. The summed E-state index contributed by atoms with van der Waals surface area (Å²) in [5.74, 6) is 1.89. The Balaban J connectivity index is 2.40. The molecule has 0 unspecified atom stereocenters. The number of hydrogen-bond acceptors (Lipinski definition) is 3. The summed E-state index contributed by atoms with van der Waals surface area (Å²) in [7, 11) is 0. The number of hydrogen-bond donors (Lipinski definition) is 2. The lowest BCUT2D eigenvalue weighted by molar-refractivity contribution is -0.121. The quantitative estimate of drug-likeness (QED) is 0.687. The SMILES string of the molecule is CC(C)CCNC(=O)CCc1ccc(OCC(C)C)c(N)c1. The standard InChI is InChI=1S/C18H30N2O2/c1-13(2)9-10-20-18(21)8-6-15-5-7-17(16(19)11-15)22-12-14(3)4/h5,7,11,13-14H,6,8-10,12,19H2,1-4H3,(H,20,21). The molecule has 0 radical (unpaired) electrons. The van der Waals surface area contributed by atoms with E-state index in [1.54, 1.807) is 0 Å². The van der Waals surface area contributed by atoms with E-state index in [9.17, 15) is 4.79 Å². The molecule has 0 aliphatic heterocycles. The first-order valence-electron chi connectivity index (χ1n) is 8.16. The van der Waals surface area contributed by atoms with Gasteiger partial charge in [-0.25, -0.2) is 0 Å². The van der Waals surface area contributed by atoms with Crippen molar-refractivity contribution in [1.29, 1.82) is 0 Å². The Hall–Kier alpha value is -1.71. The topological polar surface area (TPSA) is 64.3 Å². The first-order chi connectivity index (χ1) is 10.4. The largest absolute Gasteiger partial charge is 0.491 e. The molecule has 1 aromatic rings. The van der Waals surface area contributed by atoms with E-state index in [2.05, 4.69) is 33.0 Å². The van der Waals surface area contributed by atoms with Crippen LogP contribution in [-0.2, 0) is 11.2 Å². The van der Waals surface area contributed by atoms with Gasteiger partial charge in [0.05, 0.1) is 12.3 Å². The summed E-state index contributed by atoms with van der Waals surface area (Å²) in [4.78, 5) is 11.8. The van der Waals surface area contributed by atoms with Gasteiger partial charge in [0.1, 0.15) is 5.75 Å². The molecule has 0 aliphatic rings. The highest BCUT2D eigenvalue weighted by Gasteiger charge is 2.06. The van der Waals surface area contributed by atoms with Crippen LogP contribution in [0.4, 0.5) is 5.69 Å². The molecule has 0 bridgehead atoms. The fraction of sp³-hybridized carbons (Fsp3) is 0.611. The molecule has 22 heavy (non-hydrogen) atoms. The maximum absolute atomic E-state index is 11.8. The minimum Gasteiger partial charge on any atom is -0.491 e. The molecule has 0 fully saturated rings. The van der Waals surface area contributed by atoms with Crippen molar-refractivity contribution < 1.29 is 9.53 Å². The van der Waals surface area contributed by atoms with Crippen LogP contribution in [0.1, 0.15) is 46.1 Å². The van der Waals surface area contributed by atoms with Crippen LogP contribution in [0.2, 0.25) is 0 Å². The van der Waals surface area contributed by atoms with Gasteiger partial charge in [-0.3, -0.25) is 4.79 Å². The number of anilines is 1. The summed E-state index contributed by atoms with van der Waals surface area (Å²) in [6, 6.07) is 5.77. The zero-order valence-corrected chi connectivity index (χ0v) is 14.3. The third kappa shape index (κ3) is 7.34. The molecular weight excluding hydrogens is 276 g/mol. The lowest BCUT2D eigenvalue weighted by Crippen LogP contribution is -2.25. The Morgan fingerprint density at radius 2 is 1.95 bits per heavy atom. The minimum atomic E-state index is 0.0966. The van der Waals surface area contributed by atoms with Crippen molar-refractivity contribution in [1.82, 2.24) is 5.32 Å². The second-order valence-corrected chi connectivity index (χ2v) is 6.61. The summed E-state index contributed by atoms with van der Waals surface area (Å²) in [5, 5.41) is 2.95. The number of carbonyl (C=O) groups excluding carboxylic acids is 1. The van der Waals surface area contributed by atoms with Crippen LogP contribution in [0.15, 0.2) is 18.2 Å². The molecule has 0 spiro atoms. The molecule has 124 valence electrons. The van der Waals surface area contributed by atoms with Crippen LogP contribution in [-0.4, -0.2) is 19.1 Å². The van der Waals surface area contributed by atoms with Crippen molar-refractivity contribution in [3.8, 4) is 5.75 Å². The van der Waals surface area contributed by atoms with Gasteiger partial charge >= 0.3 is 0 Å². The molecule has 0 atom stereocenters. The van der Waals surface area contributed by atoms with Gasteiger partial charge in [0.25, 0.3) is 0 Å². The molecular formula is C18H30N2O2. The molecule has 0 saturated heterocycles. The molecule has 0 aliphatic carbocycles. The molecule has 0 heterocycles. The fourth-order valence-electron chi connectivity index (χ4n) is 1.99. The van der Waals surface area contributed by atoms with Crippen LogP contribution in [0.3, 0.4) is 0 Å². The monoisotopic (exact) mass is 306 g/mol. The highest BCUT2D eigenvalue weighted by atomic mass is 16.5. The smallest absolute Gasteiger partial charge is 0.220 e. The van der Waals surface area contributed by atoms with Gasteiger partial charge in [0, 0.05) is 13.0 Å². The van der Waals surface area contributed by atoms with Crippen molar-refractivity contribution in [2.75, 3.05) is 18.9 Å².